The topological polar surface area (TPSA) is 116 Å². The van der Waals surface area contributed by atoms with Gasteiger partial charge in [0.2, 0.25) is 0 Å². The second kappa shape index (κ2) is 6.94. The van der Waals surface area contributed by atoms with Crippen molar-refractivity contribution < 1.29 is 23.3 Å². The normalized spacial score (nSPS) is 15.3. The second-order valence-corrected chi connectivity index (χ2v) is 9.85. The highest BCUT2D eigenvalue weighted by Crippen LogP contribution is 2.38. The third kappa shape index (κ3) is 3.50. The molecule has 1 aromatic heterocycles. The van der Waals surface area contributed by atoms with E-state index in [-0.39, 0.29) is 8.99 Å². The van der Waals surface area contributed by atoms with E-state index in [9.17, 15) is 13.2 Å². The van der Waals surface area contributed by atoms with Crippen LogP contribution >= 0.6 is 11.3 Å². The maximum Gasteiger partial charge on any atom is 0.499 e. The Morgan fingerprint density at radius 3 is 2.22 bits per heavy atom. The molecule has 0 aliphatic heterocycles. The molecule has 27 heavy (non-hydrogen) atoms. The number of thiophene rings is 1. The van der Waals surface area contributed by atoms with E-state index in [1.807, 2.05) is 4.72 Å². The molecule has 0 radical (unpaired) electrons. The Morgan fingerprint density at radius 2 is 1.67 bits per heavy atom. The monoisotopic (exact) mass is 406 g/mol. The summed E-state index contributed by atoms with van der Waals surface area (Å²) in [5, 5.41) is 21.0. The van der Waals surface area contributed by atoms with Crippen LogP contribution in [0.3, 0.4) is 0 Å². The molecule has 7 nitrogen and oxygen atoms in total. The minimum Gasteiger partial charge on any atom is -0.423 e. The molecule has 0 bridgehead atoms. The van der Waals surface area contributed by atoms with Crippen molar-refractivity contribution in [3.8, 4) is 0 Å². The van der Waals surface area contributed by atoms with Crippen molar-refractivity contribution in [1.82, 2.24) is 4.72 Å². The summed E-state index contributed by atoms with van der Waals surface area (Å²) in [4.78, 5) is 12.4. The summed E-state index contributed by atoms with van der Waals surface area (Å²) in [6.45, 7) is 0. The number of carbonyl (C=O) groups is 1. The van der Waals surface area contributed by atoms with Crippen molar-refractivity contribution in [2.24, 2.45) is 0 Å². The maximum absolute atomic E-state index is 12.4. The first-order valence-corrected chi connectivity index (χ1v) is 11.1. The Labute approximate surface area is 161 Å². The van der Waals surface area contributed by atoms with E-state index in [4.69, 9.17) is 10.0 Å². The SMILES string of the molecule is O=C(Nc1c2c(cc3c1CCC3)CCC2)NS(=O)(=O)c1ccc(B(O)O)s1. The first kappa shape index (κ1) is 18.5. The van der Waals surface area contributed by atoms with Gasteiger partial charge >= 0.3 is 13.1 Å². The van der Waals surface area contributed by atoms with Gasteiger partial charge in [0.15, 0.2) is 0 Å². The highest BCUT2D eigenvalue weighted by atomic mass is 32.2. The van der Waals surface area contributed by atoms with E-state index in [0.29, 0.717) is 11.3 Å². The molecule has 2 aliphatic carbocycles. The zero-order chi connectivity index (χ0) is 19.2. The minimum atomic E-state index is -4.09. The second-order valence-electron chi connectivity index (χ2n) is 6.82. The van der Waals surface area contributed by atoms with Crippen LogP contribution < -0.4 is 14.8 Å². The molecular formula is C17H19BN2O5S2. The van der Waals surface area contributed by atoms with Gasteiger partial charge < -0.3 is 15.4 Å². The molecule has 0 spiro atoms. The van der Waals surface area contributed by atoms with Gasteiger partial charge in [0.1, 0.15) is 4.21 Å². The summed E-state index contributed by atoms with van der Waals surface area (Å²) < 4.78 is 26.8. The summed E-state index contributed by atoms with van der Waals surface area (Å²) in [5.41, 5.74) is 5.49. The number of anilines is 1. The number of fused-ring (bicyclic) bond motifs is 2. The number of amides is 2. The van der Waals surface area contributed by atoms with Crippen molar-refractivity contribution in [3.05, 3.63) is 40.5 Å². The van der Waals surface area contributed by atoms with Gasteiger partial charge in [0, 0.05) is 10.5 Å². The molecule has 0 saturated heterocycles. The molecule has 1 aromatic carbocycles. The number of aryl methyl sites for hydroxylation is 2. The Hall–Kier alpha value is -1.88. The predicted octanol–water partition coefficient (Wildman–Crippen LogP) is 0.916. The van der Waals surface area contributed by atoms with Crippen LogP contribution in [0.15, 0.2) is 22.4 Å². The Balaban J connectivity index is 1.57. The van der Waals surface area contributed by atoms with Crippen LogP contribution in [0.4, 0.5) is 10.5 Å². The third-order valence-electron chi connectivity index (χ3n) is 5.06. The van der Waals surface area contributed by atoms with Gasteiger partial charge in [-0.05, 0) is 66.8 Å². The molecule has 142 valence electrons. The number of sulfonamides is 1. The van der Waals surface area contributed by atoms with Gasteiger partial charge in [-0.25, -0.2) is 17.9 Å². The summed E-state index contributed by atoms with van der Waals surface area (Å²) >= 11 is 0.706. The fourth-order valence-electron chi connectivity index (χ4n) is 3.90. The number of benzene rings is 1. The summed E-state index contributed by atoms with van der Waals surface area (Å²) in [6.07, 6.45) is 5.81. The van der Waals surface area contributed by atoms with Crippen LogP contribution in [-0.2, 0) is 35.7 Å². The van der Waals surface area contributed by atoms with Gasteiger partial charge in [0.05, 0.1) is 0 Å². The molecule has 0 saturated carbocycles. The van der Waals surface area contributed by atoms with Gasteiger partial charge in [-0.3, -0.25) is 0 Å². The lowest BCUT2D eigenvalue weighted by molar-refractivity contribution is 0.256. The molecule has 10 heteroatoms. The molecule has 4 rings (SSSR count). The van der Waals surface area contributed by atoms with E-state index >= 15 is 0 Å². The van der Waals surface area contributed by atoms with Crippen molar-refractivity contribution in [2.75, 3.05) is 5.32 Å². The van der Waals surface area contributed by atoms with E-state index < -0.39 is 23.2 Å². The van der Waals surface area contributed by atoms with Gasteiger partial charge in [-0.15, -0.1) is 11.3 Å². The molecule has 1 heterocycles. The molecule has 0 fully saturated rings. The first-order chi connectivity index (χ1) is 12.8. The summed E-state index contributed by atoms with van der Waals surface area (Å²) in [7, 11) is -5.83. The van der Waals surface area contributed by atoms with Crippen molar-refractivity contribution in [2.45, 2.75) is 42.7 Å². The van der Waals surface area contributed by atoms with E-state index in [1.54, 1.807) is 0 Å². The average molecular weight is 406 g/mol. The van der Waals surface area contributed by atoms with E-state index in [1.165, 1.54) is 23.3 Å². The maximum atomic E-state index is 12.4. The number of rotatable bonds is 4. The lowest BCUT2D eigenvalue weighted by Gasteiger charge is -2.16. The molecule has 0 atom stereocenters. The molecule has 2 aliphatic rings. The standard InChI is InChI=1S/C17H19BN2O5S2/c21-17(20-27(24,25)15-8-7-14(26-15)18(22)23)19-16-12-5-1-3-10(12)9-11-4-2-6-13(11)16/h7-9,22-23H,1-6H2,(H2,19,20,21). The van der Waals surface area contributed by atoms with Gasteiger partial charge in [-0.2, -0.15) is 0 Å². The van der Waals surface area contributed by atoms with E-state index in [2.05, 4.69) is 11.4 Å². The number of carbonyl (C=O) groups excluding carboxylic acids is 1. The molecule has 2 aromatic rings. The molecular weight excluding hydrogens is 387 g/mol. The predicted molar refractivity (Wildman–Crippen MR) is 104 cm³/mol. The number of hydrogen-bond acceptors (Lipinski definition) is 6. The zero-order valence-corrected chi connectivity index (χ0v) is 16.1. The highest BCUT2D eigenvalue weighted by Gasteiger charge is 2.27. The third-order valence-corrected chi connectivity index (χ3v) is 8.01. The molecule has 4 N–H and O–H groups in total. The first-order valence-electron chi connectivity index (χ1n) is 8.81. The quantitative estimate of drug-likeness (QED) is 0.564. The Bertz CT molecular complexity index is 984. The van der Waals surface area contributed by atoms with Crippen LogP contribution in [0, 0.1) is 0 Å². The highest BCUT2D eigenvalue weighted by molar-refractivity contribution is 7.92. The lowest BCUT2D eigenvalue weighted by Crippen LogP contribution is -2.34. The van der Waals surface area contributed by atoms with Crippen LogP contribution in [0.2, 0.25) is 0 Å². The fraction of sp³-hybridized carbons (Fsp3) is 0.353. The average Bonchev–Trinajstić information content (AvgIpc) is 3.34. The van der Waals surface area contributed by atoms with Crippen molar-refractivity contribution >= 4 is 45.0 Å². The van der Waals surface area contributed by atoms with Crippen LogP contribution in [0.5, 0.6) is 0 Å². The Kier molecular flexibility index (Phi) is 4.75. The van der Waals surface area contributed by atoms with Crippen LogP contribution in [0.25, 0.3) is 0 Å². The van der Waals surface area contributed by atoms with Crippen LogP contribution in [-0.4, -0.2) is 31.6 Å². The zero-order valence-electron chi connectivity index (χ0n) is 14.5. The largest absolute Gasteiger partial charge is 0.499 e. The summed E-state index contributed by atoms with van der Waals surface area (Å²) in [5.74, 6) is 0. The fourth-order valence-corrected chi connectivity index (χ4v) is 6.00. The smallest absolute Gasteiger partial charge is 0.423 e. The van der Waals surface area contributed by atoms with Crippen molar-refractivity contribution in [1.29, 1.82) is 0 Å². The summed E-state index contributed by atoms with van der Waals surface area (Å²) in [6, 6.07) is 3.98. The molecule has 2 amide bonds. The van der Waals surface area contributed by atoms with Gasteiger partial charge in [-0.1, -0.05) is 12.1 Å². The van der Waals surface area contributed by atoms with Gasteiger partial charge in [0.25, 0.3) is 10.0 Å². The van der Waals surface area contributed by atoms with E-state index in [0.717, 1.165) is 55.3 Å². The van der Waals surface area contributed by atoms with Crippen molar-refractivity contribution in [3.63, 3.8) is 0 Å². The van der Waals surface area contributed by atoms with Crippen LogP contribution in [0.1, 0.15) is 35.1 Å². The Morgan fingerprint density at radius 1 is 1.04 bits per heavy atom. The number of hydrogen-bond donors (Lipinski definition) is 4. The number of nitrogens with one attached hydrogen (secondary N) is 2. The minimum absolute atomic E-state index is 0.0921. The number of urea groups is 1. The molecule has 0 unspecified atom stereocenters. The lowest BCUT2D eigenvalue weighted by atomic mass is 9.90.